The van der Waals surface area contributed by atoms with Gasteiger partial charge in [0.25, 0.3) is 0 Å². The van der Waals surface area contributed by atoms with Gasteiger partial charge in [-0.2, -0.15) is 0 Å². The third-order valence-corrected chi connectivity index (χ3v) is 29.9. The number of fused-ring (bicyclic) bond motifs is 25. The Kier molecular flexibility index (Phi) is 15.1. The van der Waals surface area contributed by atoms with Gasteiger partial charge < -0.3 is 13.3 Å². The SMILES string of the molecule is [2H]c1c([2H])c([2H])c2c(-c3cccc4c3-c3ccccc3C4(C)C)c3c([2H])c([2H])c([2H])c([2H])c3c(-c3ccc(-c4ccc5oc6c7ccccc7ccc6c5c4)cc3)c2c1[2H].[2H]c1c([2H])c([2H])c2c(-c3cccc4ccccc34)c3c([2H])c([2H])c([2H])c([2H])c3c(-c3ccc(-c4ccc5oc6c7ccccc7ccc6c5c4)cc3)c2c1[2H].[2H]c1c([2H])c([2H])c2c(-c3ccccc3-c3ccccc3)c3c([2H])c([2H])c([2H])c([2H])c3c(-c3ccc(-c4ccc5oc6c7ccccc7ccc6c5c4)cc3)c2c1[2H]. The van der Waals surface area contributed by atoms with Crippen molar-refractivity contribution in [2.45, 2.75) is 19.3 Å². The molecule has 690 valence electrons. The van der Waals surface area contributed by atoms with E-state index in [2.05, 4.69) is 117 Å². The minimum absolute atomic E-state index is 0.183. The van der Waals surface area contributed by atoms with Crippen LogP contribution in [-0.4, -0.2) is 0 Å². The topological polar surface area (TPSA) is 39.4 Å². The molecular formula is C145H92O3. The highest BCUT2D eigenvalue weighted by Gasteiger charge is 2.38. The standard InChI is InChI=1S/C51H34O.C48H30O.C46H28O/c1-51(2)44-20-10-9-18-41(44)49-42(19-11-21-45(49)51)48-38-16-7-5-14-36(38)47(37-15-6-8-17-39(37)48)33-24-22-31(23-25-33)34-27-29-46-43(30-34)40-28-26-32-12-3-4-13-35(32)50(40)52-46;1-2-12-32(13-3-1)36-15-6-7-17-38(36)47-41-20-10-8-18-39(41)46(40-19-9-11-21-42(40)47)34-24-22-31(23-25-34)35-27-29-45-44(30-35)43-28-26-33-14-4-5-16-37(33)48(43)49-45;1-3-13-34-30(10-1)12-9-19-36(34)45-39-17-7-5-15-37(39)44(38-16-6-8-18-40(38)45)32-22-20-29(21-23-32)33-25-27-43-42(28-33)41-26-24-31-11-2-4-14-35(31)46(41)47-43/h3-30H,1-2H3;1-30H;1-28H/i5D,6D,7D,8D,14D,15D,16D,17D;8D,9D,10D,11D,18D,19D,20D,21D;5D,6D,7D,8D,15D,16D,17D,18D. The van der Waals surface area contributed by atoms with Crippen LogP contribution in [0.3, 0.4) is 0 Å². The summed E-state index contributed by atoms with van der Waals surface area (Å²) in [7, 11) is 0. The Morgan fingerprint density at radius 2 is 0.419 bits per heavy atom. The van der Waals surface area contributed by atoms with Crippen LogP contribution < -0.4 is 0 Å². The smallest absolute Gasteiger partial charge is 0.143 e. The molecular weight excluding hydrogens is 1790 g/mol. The summed E-state index contributed by atoms with van der Waals surface area (Å²) in [5, 5.41) is 16.4. The molecule has 3 nitrogen and oxygen atoms in total. The predicted octanol–water partition coefficient (Wildman–Crippen LogP) is 41.3. The second-order valence-electron chi connectivity index (χ2n) is 38.2. The normalized spacial score (nSPS) is 14.6. The molecule has 3 heteroatoms. The van der Waals surface area contributed by atoms with E-state index in [1.807, 2.05) is 273 Å². The maximum Gasteiger partial charge on any atom is 0.143 e. The van der Waals surface area contributed by atoms with Crippen molar-refractivity contribution in [2.75, 3.05) is 0 Å². The molecule has 27 aromatic carbocycles. The fourth-order valence-electron chi connectivity index (χ4n) is 23.1. The fourth-order valence-corrected chi connectivity index (χ4v) is 23.1. The molecule has 0 saturated heterocycles. The molecule has 0 atom stereocenters. The maximum absolute atomic E-state index is 9.50. The van der Waals surface area contributed by atoms with Gasteiger partial charge >= 0.3 is 0 Å². The molecule has 0 bridgehead atoms. The lowest BCUT2D eigenvalue weighted by Crippen LogP contribution is -2.14. The molecule has 3 aromatic heterocycles. The summed E-state index contributed by atoms with van der Waals surface area (Å²) in [6.07, 6.45) is 0. The first-order valence-electron chi connectivity index (χ1n) is 61.2. The average molecular weight is 1910 g/mol. The van der Waals surface area contributed by atoms with Crippen molar-refractivity contribution in [2.24, 2.45) is 0 Å². The molecule has 1 aliphatic rings. The van der Waals surface area contributed by atoms with Crippen molar-refractivity contribution in [3.05, 3.63) is 532 Å². The van der Waals surface area contributed by atoms with Crippen LogP contribution in [0.1, 0.15) is 57.9 Å². The van der Waals surface area contributed by atoms with Gasteiger partial charge in [-0.15, -0.1) is 0 Å². The lowest BCUT2D eigenvalue weighted by Gasteiger charge is -2.22. The van der Waals surface area contributed by atoms with E-state index in [-0.39, 0.29) is 137 Å². The zero-order valence-corrected chi connectivity index (χ0v) is 79.5. The highest BCUT2D eigenvalue weighted by atomic mass is 16.3. The first-order chi connectivity index (χ1) is 83.1. The Balaban J connectivity index is 0.000000116. The lowest BCUT2D eigenvalue weighted by molar-refractivity contribution is 0.660. The summed E-state index contributed by atoms with van der Waals surface area (Å²) in [5.74, 6) is 0. The highest BCUT2D eigenvalue weighted by Crippen LogP contribution is 2.57. The van der Waals surface area contributed by atoms with E-state index < -0.39 is 77.9 Å². The van der Waals surface area contributed by atoms with Crippen molar-refractivity contribution in [3.8, 4) is 122 Å². The Morgan fingerprint density at radius 3 is 0.804 bits per heavy atom. The number of hydrogen-bond acceptors (Lipinski definition) is 3. The van der Waals surface area contributed by atoms with Gasteiger partial charge in [-0.3, -0.25) is 0 Å². The second-order valence-corrected chi connectivity index (χ2v) is 38.2. The Bertz CT molecular complexity index is 12100. The van der Waals surface area contributed by atoms with Crippen molar-refractivity contribution in [1.82, 2.24) is 0 Å². The van der Waals surface area contributed by atoms with Gasteiger partial charge in [0.2, 0.25) is 0 Å². The molecule has 0 spiro atoms. The molecule has 0 N–H and O–H groups in total. The molecule has 1 aliphatic carbocycles. The summed E-state index contributed by atoms with van der Waals surface area (Å²) in [6, 6.07) is 114. The molecule has 30 aromatic rings. The molecule has 31 rings (SSSR count). The van der Waals surface area contributed by atoms with Crippen LogP contribution in [-0.2, 0) is 5.41 Å². The van der Waals surface area contributed by atoms with Crippen molar-refractivity contribution < 1.29 is 46.1 Å². The third kappa shape index (κ3) is 13.9. The zero-order chi connectivity index (χ0) is 119. The van der Waals surface area contributed by atoms with E-state index in [4.69, 9.17) is 29.7 Å². The molecule has 0 amide bonds. The molecule has 0 saturated carbocycles. The van der Waals surface area contributed by atoms with Gasteiger partial charge in [0.05, 0.1) is 32.9 Å². The highest BCUT2D eigenvalue weighted by molar-refractivity contribution is 6.28. The molecule has 0 fully saturated rings. The van der Waals surface area contributed by atoms with E-state index >= 15 is 0 Å². The summed E-state index contributed by atoms with van der Waals surface area (Å²) < 4.78 is 237. The Morgan fingerprint density at radius 1 is 0.155 bits per heavy atom. The van der Waals surface area contributed by atoms with Gasteiger partial charge in [-0.25, -0.2) is 0 Å². The maximum atomic E-state index is 9.50. The van der Waals surface area contributed by atoms with E-state index in [0.29, 0.717) is 66.8 Å². The first kappa shape index (κ1) is 64.5. The van der Waals surface area contributed by atoms with Crippen LogP contribution in [0.5, 0.6) is 0 Å². The molecule has 148 heavy (non-hydrogen) atoms. The predicted molar refractivity (Wildman–Crippen MR) is 628 cm³/mol. The van der Waals surface area contributed by atoms with Gasteiger partial charge in [0.1, 0.15) is 33.5 Å². The van der Waals surface area contributed by atoms with Gasteiger partial charge in [0.15, 0.2) is 0 Å². The van der Waals surface area contributed by atoms with Gasteiger partial charge in [-0.1, -0.05) is 480 Å². The summed E-state index contributed by atoms with van der Waals surface area (Å²) >= 11 is 0. The largest absolute Gasteiger partial charge is 0.455 e. The zero-order valence-electron chi connectivity index (χ0n) is 104. The molecule has 3 heterocycles. The van der Waals surface area contributed by atoms with Crippen LogP contribution in [0.4, 0.5) is 0 Å². The van der Waals surface area contributed by atoms with Crippen LogP contribution >= 0.6 is 0 Å². The van der Waals surface area contributed by atoms with Crippen LogP contribution in [0.15, 0.2) is 534 Å². The third-order valence-electron chi connectivity index (χ3n) is 29.9. The molecule has 0 aliphatic heterocycles. The lowest BCUT2D eigenvalue weighted by atomic mass is 9.80. The van der Waals surface area contributed by atoms with Crippen LogP contribution in [0, 0.1) is 0 Å². The summed E-state index contributed by atoms with van der Waals surface area (Å²) in [6.45, 7) is 4.31. The van der Waals surface area contributed by atoms with Crippen molar-refractivity contribution >= 4 is 174 Å². The van der Waals surface area contributed by atoms with E-state index in [1.165, 1.54) is 0 Å². The van der Waals surface area contributed by atoms with Gasteiger partial charge in [0, 0.05) is 53.9 Å². The van der Waals surface area contributed by atoms with Crippen LogP contribution in [0.25, 0.3) is 296 Å². The quantitative estimate of drug-likeness (QED) is 0.128. The molecule has 0 radical (unpaired) electrons. The van der Waals surface area contributed by atoms with Crippen molar-refractivity contribution in [1.29, 1.82) is 0 Å². The molecule has 0 unspecified atom stereocenters. The average Bonchev–Trinajstić information content (AvgIpc) is 0.763. The number of benzene rings is 27. The second kappa shape index (κ2) is 34.6. The Labute approximate surface area is 888 Å². The summed E-state index contributed by atoms with van der Waals surface area (Å²) in [4.78, 5) is 0. The minimum Gasteiger partial charge on any atom is -0.455 e. The fraction of sp³-hybridized carbons (Fsp3) is 0.0207. The van der Waals surface area contributed by atoms with E-state index in [0.717, 1.165) is 176 Å². The first-order valence-corrected chi connectivity index (χ1v) is 49.2. The van der Waals surface area contributed by atoms with Crippen LogP contribution in [0.2, 0.25) is 0 Å². The monoisotopic (exact) mass is 1900 g/mol. The van der Waals surface area contributed by atoms with Crippen molar-refractivity contribution in [3.63, 3.8) is 0 Å². The van der Waals surface area contributed by atoms with E-state index in [1.54, 1.807) is 0 Å². The number of hydrogen-bond donors (Lipinski definition) is 0. The minimum atomic E-state index is -0.429. The number of rotatable bonds is 10. The Hall–Kier alpha value is -19.1. The summed E-state index contributed by atoms with van der Waals surface area (Å²) in [5.41, 5.74) is 21.0. The van der Waals surface area contributed by atoms with Gasteiger partial charge in [-0.05, 0) is 280 Å². The van der Waals surface area contributed by atoms with E-state index in [9.17, 15) is 16.4 Å². The number of furan rings is 3.